The summed E-state index contributed by atoms with van der Waals surface area (Å²) in [6.07, 6.45) is 5.15. The van der Waals surface area contributed by atoms with Crippen LogP contribution < -0.4 is 4.90 Å². The molecule has 1 atom stereocenters. The van der Waals surface area contributed by atoms with Crippen molar-refractivity contribution in [3.63, 3.8) is 0 Å². The van der Waals surface area contributed by atoms with Gasteiger partial charge in [0.15, 0.2) is 5.13 Å². The van der Waals surface area contributed by atoms with E-state index in [0.29, 0.717) is 5.91 Å². The van der Waals surface area contributed by atoms with Gasteiger partial charge in [0.25, 0.3) is 0 Å². The van der Waals surface area contributed by atoms with Crippen LogP contribution in [-0.2, 0) is 22.4 Å². The molecule has 1 aromatic heterocycles. The van der Waals surface area contributed by atoms with Crippen molar-refractivity contribution in [1.29, 1.82) is 0 Å². The van der Waals surface area contributed by atoms with Crippen molar-refractivity contribution >= 4 is 28.3 Å². The number of hydrogen-bond acceptors (Lipinski definition) is 6. The molecule has 0 bridgehead atoms. The maximum atomic E-state index is 13.1. The first kappa shape index (κ1) is 21.6. The molecule has 2 fully saturated rings. The number of hydrogen-bond donors (Lipinski definition) is 0. The zero-order valence-electron chi connectivity index (χ0n) is 18.4. The normalized spacial score (nSPS) is 22.9. The molecule has 1 aliphatic carbocycles. The highest BCUT2D eigenvalue weighted by atomic mass is 32.1. The third-order valence-electron chi connectivity index (χ3n) is 6.78. The van der Waals surface area contributed by atoms with E-state index in [4.69, 9.17) is 4.98 Å². The number of rotatable bonds is 5. The molecule has 166 valence electrons. The highest BCUT2D eigenvalue weighted by molar-refractivity contribution is 7.15. The van der Waals surface area contributed by atoms with Crippen LogP contribution in [-0.4, -0.2) is 90.4 Å². The van der Waals surface area contributed by atoms with Crippen LogP contribution >= 0.6 is 11.3 Å². The Kier molecular flexibility index (Phi) is 6.93. The van der Waals surface area contributed by atoms with Gasteiger partial charge in [0.1, 0.15) is 0 Å². The lowest BCUT2D eigenvalue weighted by molar-refractivity contribution is -0.137. The third-order valence-corrected chi connectivity index (χ3v) is 7.97. The van der Waals surface area contributed by atoms with E-state index in [1.165, 1.54) is 23.4 Å². The molecule has 3 heterocycles. The molecule has 0 N–H and O–H groups in total. The van der Waals surface area contributed by atoms with Crippen LogP contribution in [0.5, 0.6) is 0 Å². The summed E-state index contributed by atoms with van der Waals surface area (Å²) in [6, 6.07) is 0. The molecule has 1 unspecified atom stereocenters. The fraction of sp³-hybridized carbons (Fsp3) is 0.773. The Balaban J connectivity index is 1.31. The Labute approximate surface area is 184 Å². The Hall–Kier alpha value is -1.67. The number of piperazine rings is 2. The van der Waals surface area contributed by atoms with E-state index in [1.54, 1.807) is 18.3 Å². The number of thiazole rings is 1. The van der Waals surface area contributed by atoms with Crippen LogP contribution in [0.2, 0.25) is 0 Å². The van der Waals surface area contributed by atoms with Gasteiger partial charge in [-0.2, -0.15) is 0 Å². The first-order valence-electron chi connectivity index (χ1n) is 11.5. The number of anilines is 1. The van der Waals surface area contributed by atoms with Crippen LogP contribution in [0, 0.1) is 5.92 Å². The first-order valence-corrected chi connectivity index (χ1v) is 12.4. The molecule has 3 aliphatic rings. The average molecular weight is 434 g/mol. The van der Waals surface area contributed by atoms with Crippen LogP contribution in [0.3, 0.4) is 0 Å². The van der Waals surface area contributed by atoms with E-state index < -0.39 is 0 Å². The number of nitrogens with zero attached hydrogens (tertiary/aromatic N) is 5. The second-order valence-electron chi connectivity index (χ2n) is 8.82. The summed E-state index contributed by atoms with van der Waals surface area (Å²) in [5.74, 6) is 0.615. The fourth-order valence-corrected chi connectivity index (χ4v) is 5.99. The van der Waals surface area contributed by atoms with Gasteiger partial charge < -0.3 is 14.7 Å². The number of unbranched alkanes of at least 4 members (excludes halogenated alkanes) is 1. The Morgan fingerprint density at radius 2 is 1.73 bits per heavy atom. The number of aryl methyl sites for hydroxylation is 1. The first-order chi connectivity index (χ1) is 14.5. The van der Waals surface area contributed by atoms with Crippen molar-refractivity contribution in [3.05, 3.63) is 10.6 Å². The van der Waals surface area contributed by atoms with Gasteiger partial charge in [-0.1, -0.05) is 13.3 Å². The molecule has 0 radical (unpaired) electrons. The van der Waals surface area contributed by atoms with Gasteiger partial charge in [-0.3, -0.25) is 14.5 Å². The van der Waals surface area contributed by atoms with Crippen molar-refractivity contribution in [2.45, 2.75) is 46.0 Å². The summed E-state index contributed by atoms with van der Waals surface area (Å²) in [5, 5.41) is 1.07. The quantitative estimate of drug-likeness (QED) is 0.709. The molecule has 2 amide bonds. The fourth-order valence-electron chi connectivity index (χ4n) is 4.75. The Morgan fingerprint density at radius 1 is 1.03 bits per heavy atom. The summed E-state index contributed by atoms with van der Waals surface area (Å²) in [4.78, 5) is 39.7. The lowest BCUT2D eigenvalue weighted by Crippen LogP contribution is -2.51. The van der Waals surface area contributed by atoms with E-state index >= 15 is 0 Å². The van der Waals surface area contributed by atoms with Crippen LogP contribution in [0.4, 0.5) is 5.13 Å². The second-order valence-corrected chi connectivity index (χ2v) is 9.88. The van der Waals surface area contributed by atoms with E-state index in [1.807, 2.05) is 4.90 Å². The molecule has 0 aromatic carbocycles. The maximum Gasteiger partial charge on any atom is 0.226 e. The maximum absolute atomic E-state index is 13.1. The molecule has 8 heteroatoms. The molecule has 2 aliphatic heterocycles. The summed E-state index contributed by atoms with van der Waals surface area (Å²) in [5.41, 5.74) is 1.19. The van der Waals surface area contributed by atoms with E-state index in [9.17, 15) is 9.59 Å². The zero-order chi connectivity index (χ0) is 21.1. The van der Waals surface area contributed by atoms with Gasteiger partial charge in [-0.15, -0.1) is 11.3 Å². The molecule has 4 rings (SSSR count). The van der Waals surface area contributed by atoms with Gasteiger partial charge in [0.05, 0.1) is 5.69 Å². The minimum Gasteiger partial charge on any atom is -0.345 e. The zero-order valence-corrected chi connectivity index (χ0v) is 19.3. The van der Waals surface area contributed by atoms with Crippen molar-refractivity contribution in [2.24, 2.45) is 5.92 Å². The molecule has 30 heavy (non-hydrogen) atoms. The van der Waals surface area contributed by atoms with Crippen molar-refractivity contribution in [3.8, 4) is 0 Å². The van der Waals surface area contributed by atoms with Crippen LogP contribution in [0.15, 0.2) is 0 Å². The Morgan fingerprint density at radius 3 is 2.40 bits per heavy atom. The van der Waals surface area contributed by atoms with E-state index in [2.05, 4.69) is 21.6 Å². The van der Waals surface area contributed by atoms with Crippen LogP contribution in [0.25, 0.3) is 0 Å². The molecule has 1 aromatic rings. The van der Waals surface area contributed by atoms with Gasteiger partial charge in [-0.25, -0.2) is 4.98 Å². The van der Waals surface area contributed by atoms with E-state index in [-0.39, 0.29) is 11.8 Å². The van der Waals surface area contributed by atoms with Crippen molar-refractivity contribution in [1.82, 2.24) is 19.7 Å². The number of aromatic nitrogens is 1. The summed E-state index contributed by atoms with van der Waals surface area (Å²) >= 11 is 1.76. The topological polar surface area (TPSA) is 60.0 Å². The minimum atomic E-state index is 0.113. The highest BCUT2D eigenvalue weighted by Crippen LogP contribution is 2.35. The van der Waals surface area contributed by atoms with Crippen molar-refractivity contribution in [2.75, 3.05) is 63.8 Å². The van der Waals surface area contributed by atoms with Crippen LogP contribution in [0.1, 0.15) is 43.7 Å². The van der Waals surface area contributed by atoms with Crippen molar-refractivity contribution < 1.29 is 9.59 Å². The number of carbonyl (C=O) groups is 2. The molecule has 0 spiro atoms. The molecular weight excluding hydrogens is 398 g/mol. The lowest BCUT2D eigenvalue weighted by atomic mass is 9.90. The summed E-state index contributed by atoms with van der Waals surface area (Å²) in [7, 11) is 0. The Bertz CT molecular complexity index is 751. The predicted molar refractivity (Wildman–Crippen MR) is 120 cm³/mol. The smallest absolute Gasteiger partial charge is 0.226 e. The second kappa shape index (κ2) is 9.64. The molecule has 0 saturated carbocycles. The molecule has 2 saturated heterocycles. The third kappa shape index (κ3) is 4.80. The molecular formula is C22H35N5O2S. The van der Waals surface area contributed by atoms with Gasteiger partial charge in [0.2, 0.25) is 11.8 Å². The van der Waals surface area contributed by atoms with Gasteiger partial charge >= 0.3 is 0 Å². The predicted octanol–water partition coefficient (Wildman–Crippen LogP) is 1.86. The highest BCUT2D eigenvalue weighted by Gasteiger charge is 2.32. The SMILES string of the molecule is CCCCN1CCN(C(=O)C2CCc3nc(N4CCN(C(C)=O)CC4)sc3C2)CC1. The largest absolute Gasteiger partial charge is 0.345 e. The average Bonchev–Trinajstić information content (AvgIpc) is 3.21. The standard InChI is InChI=1S/C22H35N5O2S/c1-3-4-7-24-8-10-26(11-9-24)21(29)18-5-6-19-20(16-18)30-22(23-19)27-14-12-25(13-15-27)17(2)28/h18H,3-16H2,1-2H3. The van der Waals surface area contributed by atoms with Gasteiger partial charge in [0, 0.05) is 70.1 Å². The lowest BCUT2D eigenvalue weighted by Gasteiger charge is -2.37. The number of amides is 2. The summed E-state index contributed by atoms with van der Waals surface area (Å²) < 4.78 is 0. The van der Waals surface area contributed by atoms with Gasteiger partial charge in [-0.05, 0) is 32.2 Å². The number of fused-ring (bicyclic) bond motifs is 1. The monoisotopic (exact) mass is 433 g/mol. The minimum absolute atomic E-state index is 0.113. The number of carbonyl (C=O) groups excluding carboxylic acids is 2. The van der Waals surface area contributed by atoms with E-state index in [0.717, 1.165) is 83.3 Å². The molecule has 7 nitrogen and oxygen atoms in total. The summed E-state index contributed by atoms with van der Waals surface area (Å²) in [6.45, 7) is 12.0.